The van der Waals surface area contributed by atoms with E-state index in [1.165, 1.54) is 25.9 Å². The molecule has 0 unspecified atom stereocenters. The van der Waals surface area contributed by atoms with Gasteiger partial charge in [0.25, 0.3) is 0 Å². The number of nitrogens with zero attached hydrogens (tertiary/aromatic N) is 1. The maximum atomic E-state index is 12.5. The first-order valence-electron chi connectivity index (χ1n) is 11.1. The molecular formula is C23H33N3O6. The standard InChI is InChI=1S/C19H24N2O6.C4H9N/c1-12(2)10-14(18(24)25)20-17(23)15-8-9-16(22)21(15)19(26)27-11-13-6-4-3-5-7-13;1-2-4-5-3-1/h3-7,12,14-15H,8-11H2,1-2H3,(H,20,23)(H,24,25);5H,1-4H2/t14-,15-;/m0./s1. The maximum absolute atomic E-state index is 12.5. The van der Waals surface area contributed by atoms with Crippen molar-refractivity contribution in [2.24, 2.45) is 5.92 Å². The molecule has 2 fully saturated rings. The topological polar surface area (TPSA) is 125 Å². The number of carboxylic acid groups (broad SMARTS) is 1. The number of aliphatic carboxylic acids is 1. The molecule has 0 radical (unpaired) electrons. The van der Waals surface area contributed by atoms with Gasteiger partial charge in [0.15, 0.2) is 0 Å². The number of ether oxygens (including phenoxy) is 1. The third-order valence-electron chi connectivity index (χ3n) is 5.20. The molecule has 3 amide bonds. The first-order chi connectivity index (χ1) is 15.3. The second kappa shape index (κ2) is 12.8. The van der Waals surface area contributed by atoms with E-state index in [-0.39, 0.29) is 31.8 Å². The number of carbonyl (C=O) groups is 4. The Balaban J connectivity index is 0.000000636. The van der Waals surface area contributed by atoms with Gasteiger partial charge in [-0.3, -0.25) is 9.59 Å². The third-order valence-corrected chi connectivity index (χ3v) is 5.20. The molecule has 2 saturated heterocycles. The summed E-state index contributed by atoms with van der Waals surface area (Å²) in [6.07, 6.45) is 2.29. The van der Waals surface area contributed by atoms with Crippen LogP contribution in [-0.2, 0) is 25.7 Å². The number of hydrogen-bond acceptors (Lipinski definition) is 6. The van der Waals surface area contributed by atoms with E-state index in [2.05, 4.69) is 10.6 Å². The Morgan fingerprint density at radius 3 is 2.38 bits per heavy atom. The Labute approximate surface area is 188 Å². The Kier molecular flexibility index (Phi) is 10.1. The molecule has 2 aliphatic rings. The molecule has 0 saturated carbocycles. The highest BCUT2D eigenvalue weighted by Gasteiger charge is 2.42. The van der Waals surface area contributed by atoms with Crippen molar-refractivity contribution in [3.63, 3.8) is 0 Å². The number of benzene rings is 1. The summed E-state index contributed by atoms with van der Waals surface area (Å²) in [7, 11) is 0. The van der Waals surface area contributed by atoms with E-state index >= 15 is 0 Å². The van der Waals surface area contributed by atoms with Gasteiger partial charge in [0.05, 0.1) is 0 Å². The zero-order valence-corrected chi connectivity index (χ0v) is 18.7. The molecule has 3 N–H and O–H groups in total. The summed E-state index contributed by atoms with van der Waals surface area (Å²) in [5, 5.41) is 14.9. The highest BCUT2D eigenvalue weighted by molar-refractivity contribution is 6.01. The molecule has 1 aromatic carbocycles. The lowest BCUT2D eigenvalue weighted by Gasteiger charge is -2.24. The normalized spacial score (nSPS) is 18.7. The van der Waals surface area contributed by atoms with Crippen LogP contribution in [0.5, 0.6) is 0 Å². The number of imide groups is 1. The van der Waals surface area contributed by atoms with Crippen molar-refractivity contribution in [2.45, 2.75) is 64.6 Å². The second-order valence-corrected chi connectivity index (χ2v) is 8.34. The van der Waals surface area contributed by atoms with Gasteiger partial charge >= 0.3 is 12.1 Å². The van der Waals surface area contributed by atoms with Crippen molar-refractivity contribution in [3.05, 3.63) is 35.9 Å². The van der Waals surface area contributed by atoms with E-state index in [1.807, 2.05) is 19.9 Å². The predicted octanol–water partition coefficient (Wildman–Crippen LogP) is 2.30. The van der Waals surface area contributed by atoms with Gasteiger partial charge in [0, 0.05) is 6.42 Å². The van der Waals surface area contributed by atoms with Crippen LogP contribution in [0.4, 0.5) is 4.79 Å². The van der Waals surface area contributed by atoms with Crippen LogP contribution in [0.1, 0.15) is 51.5 Å². The van der Waals surface area contributed by atoms with Crippen molar-refractivity contribution >= 4 is 23.9 Å². The fourth-order valence-corrected chi connectivity index (χ4v) is 3.54. The van der Waals surface area contributed by atoms with Gasteiger partial charge in [0.2, 0.25) is 11.8 Å². The SMILES string of the molecule is C1CCNC1.CC(C)C[C@H](NC(=O)[C@@H]1CCC(=O)N1C(=O)OCc1ccccc1)C(=O)O. The number of rotatable bonds is 7. The minimum Gasteiger partial charge on any atom is -0.480 e. The highest BCUT2D eigenvalue weighted by atomic mass is 16.6. The third kappa shape index (κ3) is 7.96. The second-order valence-electron chi connectivity index (χ2n) is 8.34. The van der Waals surface area contributed by atoms with Crippen molar-refractivity contribution in [3.8, 4) is 0 Å². The number of amides is 3. The number of hydrogen-bond donors (Lipinski definition) is 3. The summed E-state index contributed by atoms with van der Waals surface area (Å²) in [5.41, 5.74) is 0.751. The zero-order chi connectivity index (χ0) is 23.5. The van der Waals surface area contributed by atoms with Gasteiger partial charge in [-0.25, -0.2) is 14.5 Å². The van der Waals surface area contributed by atoms with E-state index in [9.17, 15) is 24.3 Å². The first-order valence-corrected chi connectivity index (χ1v) is 11.1. The fraction of sp³-hybridized carbons (Fsp3) is 0.565. The van der Waals surface area contributed by atoms with Crippen LogP contribution in [0.2, 0.25) is 0 Å². The molecule has 0 aromatic heterocycles. The van der Waals surface area contributed by atoms with E-state index in [4.69, 9.17) is 4.74 Å². The highest BCUT2D eigenvalue weighted by Crippen LogP contribution is 2.21. The Bertz CT molecular complexity index is 772. The summed E-state index contributed by atoms with van der Waals surface area (Å²) >= 11 is 0. The number of nitrogens with one attached hydrogen (secondary N) is 2. The first kappa shape index (κ1) is 25.3. The zero-order valence-electron chi connectivity index (χ0n) is 18.7. The average Bonchev–Trinajstić information content (AvgIpc) is 3.45. The molecular weight excluding hydrogens is 414 g/mol. The molecule has 2 aliphatic heterocycles. The van der Waals surface area contributed by atoms with Crippen molar-refractivity contribution in [1.29, 1.82) is 0 Å². The predicted molar refractivity (Wildman–Crippen MR) is 118 cm³/mol. The molecule has 0 spiro atoms. The van der Waals surface area contributed by atoms with Gasteiger partial charge in [-0.15, -0.1) is 0 Å². The molecule has 9 nitrogen and oxygen atoms in total. The quantitative estimate of drug-likeness (QED) is 0.586. The minimum atomic E-state index is -1.15. The van der Waals surface area contributed by atoms with Crippen LogP contribution in [0.25, 0.3) is 0 Å². The Morgan fingerprint density at radius 1 is 1.19 bits per heavy atom. The van der Waals surface area contributed by atoms with Crippen LogP contribution >= 0.6 is 0 Å². The molecule has 3 rings (SSSR count). The summed E-state index contributed by atoms with van der Waals surface area (Å²) in [6, 6.07) is 6.82. The average molecular weight is 448 g/mol. The lowest BCUT2D eigenvalue weighted by atomic mass is 10.0. The molecule has 2 atom stereocenters. The minimum absolute atomic E-state index is 0.0249. The summed E-state index contributed by atoms with van der Waals surface area (Å²) in [6.45, 7) is 6.16. The van der Waals surface area contributed by atoms with Gasteiger partial charge in [0.1, 0.15) is 18.7 Å². The lowest BCUT2D eigenvalue weighted by molar-refractivity contribution is -0.143. The molecule has 176 valence electrons. The summed E-state index contributed by atoms with van der Waals surface area (Å²) in [4.78, 5) is 49.0. The van der Waals surface area contributed by atoms with Gasteiger partial charge in [-0.2, -0.15) is 0 Å². The van der Waals surface area contributed by atoms with E-state index in [0.717, 1.165) is 10.5 Å². The molecule has 0 aliphatic carbocycles. The van der Waals surface area contributed by atoms with Crippen molar-refractivity contribution < 1.29 is 29.0 Å². The van der Waals surface area contributed by atoms with E-state index < -0.39 is 36.0 Å². The van der Waals surface area contributed by atoms with Crippen LogP contribution in [0.3, 0.4) is 0 Å². The molecule has 9 heteroatoms. The number of likely N-dealkylation sites (tertiary alicyclic amines) is 1. The van der Waals surface area contributed by atoms with E-state index in [0.29, 0.717) is 0 Å². The summed E-state index contributed by atoms with van der Waals surface area (Å²) in [5.74, 6) is -2.27. The van der Waals surface area contributed by atoms with Gasteiger partial charge < -0.3 is 20.5 Å². The maximum Gasteiger partial charge on any atom is 0.417 e. The lowest BCUT2D eigenvalue weighted by Crippen LogP contribution is -2.52. The van der Waals surface area contributed by atoms with Crippen LogP contribution in [0, 0.1) is 5.92 Å². The molecule has 1 aromatic rings. The smallest absolute Gasteiger partial charge is 0.417 e. The number of carboxylic acids is 1. The fourth-order valence-electron chi connectivity index (χ4n) is 3.54. The van der Waals surface area contributed by atoms with Crippen molar-refractivity contribution in [2.75, 3.05) is 13.1 Å². The molecule has 0 bridgehead atoms. The van der Waals surface area contributed by atoms with Crippen molar-refractivity contribution in [1.82, 2.24) is 15.5 Å². The van der Waals surface area contributed by atoms with Gasteiger partial charge in [-0.05, 0) is 50.3 Å². The monoisotopic (exact) mass is 447 g/mol. The number of carbonyl (C=O) groups excluding carboxylic acids is 3. The summed E-state index contributed by atoms with van der Waals surface area (Å²) < 4.78 is 5.15. The Morgan fingerprint density at radius 2 is 1.84 bits per heavy atom. The van der Waals surface area contributed by atoms with Crippen LogP contribution in [0.15, 0.2) is 30.3 Å². The van der Waals surface area contributed by atoms with Crippen LogP contribution < -0.4 is 10.6 Å². The molecule has 32 heavy (non-hydrogen) atoms. The van der Waals surface area contributed by atoms with Gasteiger partial charge in [-0.1, -0.05) is 44.2 Å². The Hall–Kier alpha value is -2.94. The van der Waals surface area contributed by atoms with Crippen LogP contribution in [-0.4, -0.2) is 59.1 Å². The van der Waals surface area contributed by atoms with E-state index in [1.54, 1.807) is 24.3 Å². The molecule has 2 heterocycles. The largest absolute Gasteiger partial charge is 0.480 e.